The van der Waals surface area contributed by atoms with Gasteiger partial charge in [0.05, 0.1) is 17.3 Å². The molecule has 3 rings (SSSR count). The van der Waals surface area contributed by atoms with Gasteiger partial charge in [-0.25, -0.2) is 0 Å². The molecular weight excluding hydrogens is 418 g/mol. The monoisotopic (exact) mass is 449 g/mol. The first-order chi connectivity index (χ1) is 15.7. The minimum absolute atomic E-state index is 0.0456. The Bertz CT molecular complexity index is 1200. The van der Waals surface area contributed by atoms with Crippen molar-refractivity contribution in [3.05, 3.63) is 80.1 Å². The molecule has 0 fully saturated rings. The van der Waals surface area contributed by atoms with E-state index in [9.17, 15) is 19.5 Å². The third-order valence-electron chi connectivity index (χ3n) is 6.07. The highest BCUT2D eigenvalue weighted by Crippen LogP contribution is 2.36. The van der Waals surface area contributed by atoms with Gasteiger partial charge in [-0.2, -0.15) is 0 Å². The zero-order valence-corrected chi connectivity index (χ0v) is 19.8. The first-order valence-electron chi connectivity index (χ1n) is 11.2. The van der Waals surface area contributed by atoms with Crippen LogP contribution in [0.3, 0.4) is 0 Å². The number of nitrogens with one attached hydrogen (secondary N) is 1. The molecule has 33 heavy (non-hydrogen) atoms. The van der Waals surface area contributed by atoms with Crippen LogP contribution in [0.4, 0.5) is 17.1 Å². The minimum atomic E-state index is -0.643. The average Bonchev–Trinajstić information content (AvgIpc) is 2.82. The summed E-state index contributed by atoms with van der Waals surface area (Å²) in [7, 11) is 3.46. The summed E-state index contributed by atoms with van der Waals surface area (Å²) in [6.07, 6.45) is 1.70. The van der Waals surface area contributed by atoms with Crippen molar-refractivity contribution < 1.29 is 9.90 Å². The second-order valence-corrected chi connectivity index (χ2v) is 8.54. The normalized spacial score (nSPS) is 12.1. The first-order valence-corrected chi connectivity index (χ1v) is 11.2. The molecule has 1 amide bonds. The molecule has 7 heteroatoms. The quantitative estimate of drug-likeness (QED) is 0.376. The number of hydrogen-bond donors (Lipinski definition) is 2. The van der Waals surface area contributed by atoms with E-state index in [0.717, 1.165) is 18.4 Å². The number of benzene rings is 2. The van der Waals surface area contributed by atoms with Gasteiger partial charge in [-0.1, -0.05) is 49.7 Å². The van der Waals surface area contributed by atoms with Crippen molar-refractivity contribution in [2.24, 2.45) is 0 Å². The van der Waals surface area contributed by atoms with Crippen molar-refractivity contribution in [3.8, 4) is 5.75 Å². The van der Waals surface area contributed by atoms with Crippen LogP contribution in [-0.2, 0) is 0 Å². The maximum Gasteiger partial charge on any atom is 0.257 e. The van der Waals surface area contributed by atoms with Gasteiger partial charge in [0, 0.05) is 20.1 Å². The summed E-state index contributed by atoms with van der Waals surface area (Å²) in [5.74, 6) is -0.592. The number of hydrogen-bond acceptors (Lipinski definition) is 6. The van der Waals surface area contributed by atoms with Crippen LogP contribution in [0.15, 0.2) is 58.1 Å². The number of anilines is 3. The van der Waals surface area contributed by atoms with Crippen molar-refractivity contribution in [1.29, 1.82) is 0 Å². The van der Waals surface area contributed by atoms with Crippen molar-refractivity contribution in [2.45, 2.75) is 45.7 Å². The minimum Gasteiger partial charge on any atom is -0.505 e. The van der Waals surface area contributed by atoms with Gasteiger partial charge in [0.2, 0.25) is 0 Å². The van der Waals surface area contributed by atoms with E-state index in [4.69, 9.17) is 0 Å². The van der Waals surface area contributed by atoms with Crippen LogP contribution >= 0.6 is 0 Å². The summed E-state index contributed by atoms with van der Waals surface area (Å²) >= 11 is 0. The summed E-state index contributed by atoms with van der Waals surface area (Å²) in [6.45, 7) is 5.82. The Morgan fingerprint density at radius 1 is 1.00 bits per heavy atom. The lowest BCUT2D eigenvalue weighted by Crippen LogP contribution is -2.42. The average molecular weight is 450 g/mol. The highest BCUT2D eigenvalue weighted by Gasteiger charge is 2.30. The largest absolute Gasteiger partial charge is 0.505 e. The molecule has 0 heterocycles. The molecular formula is C26H31N3O4. The number of aromatic hydroxyl groups is 1. The van der Waals surface area contributed by atoms with E-state index in [1.54, 1.807) is 26.2 Å². The second-order valence-electron chi connectivity index (χ2n) is 8.54. The molecule has 174 valence electrons. The van der Waals surface area contributed by atoms with Gasteiger partial charge >= 0.3 is 0 Å². The van der Waals surface area contributed by atoms with Crippen LogP contribution in [0.5, 0.6) is 5.75 Å². The van der Waals surface area contributed by atoms with Gasteiger partial charge in [0.15, 0.2) is 5.75 Å². The molecule has 3 aromatic rings. The third kappa shape index (κ3) is 4.62. The number of amides is 1. The number of carbonyl (C=O) groups excluding carboxylic acids is 1. The Morgan fingerprint density at radius 3 is 2.27 bits per heavy atom. The van der Waals surface area contributed by atoms with E-state index in [0.29, 0.717) is 0 Å². The lowest BCUT2D eigenvalue weighted by atomic mass is 9.99. The highest BCUT2D eigenvalue weighted by atomic mass is 16.3. The molecule has 0 aliphatic heterocycles. The molecule has 0 radical (unpaired) electrons. The molecule has 1 atom stereocenters. The smallest absolute Gasteiger partial charge is 0.257 e. The van der Waals surface area contributed by atoms with E-state index in [1.807, 2.05) is 49.1 Å². The maximum atomic E-state index is 12.7. The van der Waals surface area contributed by atoms with Crippen LogP contribution < -0.4 is 21.1 Å². The number of para-hydroxylation sites is 1. The molecule has 0 aliphatic rings. The molecule has 0 spiro atoms. The van der Waals surface area contributed by atoms with Crippen LogP contribution in [0.1, 0.15) is 55.6 Å². The van der Waals surface area contributed by atoms with E-state index < -0.39 is 10.9 Å². The molecule has 7 nitrogen and oxygen atoms in total. The van der Waals surface area contributed by atoms with E-state index in [2.05, 4.69) is 12.2 Å². The lowest BCUT2D eigenvalue weighted by Gasteiger charge is -2.32. The van der Waals surface area contributed by atoms with Crippen molar-refractivity contribution in [2.75, 3.05) is 24.3 Å². The van der Waals surface area contributed by atoms with Gasteiger partial charge in [-0.15, -0.1) is 0 Å². The zero-order valence-electron chi connectivity index (χ0n) is 19.8. The summed E-state index contributed by atoms with van der Waals surface area (Å²) < 4.78 is 0. The van der Waals surface area contributed by atoms with Gasteiger partial charge in [0.25, 0.3) is 16.8 Å². The maximum absolute atomic E-state index is 12.7. The van der Waals surface area contributed by atoms with Crippen molar-refractivity contribution in [1.82, 2.24) is 4.90 Å². The molecule has 0 saturated heterocycles. The molecule has 2 N–H and O–H groups in total. The van der Waals surface area contributed by atoms with E-state index in [1.165, 1.54) is 11.0 Å². The predicted molar refractivity (Wildman–Crippen MR) is 132 cm³/mol. The first kappa shape index (κ1) is 24.0. The fourth-order valence-electron chi connectivity index (χ4n) is 3.90. The fourth-order valence-corrected chi connectivity index (χ4v) is 3.90. The van der Waals surface area contributed by atoms with Gasteiger partial charge < -0.3 is 20.2 Å². The zero-order chi connectivity index (χ0) is 24.3. The van der Waals surface area contributed by atoms with E-state index in [-0.39, 0.29) is 46.4 Å². The topological polar surface area (TPSA) is 89.9 Å². The second kappa shape index (κ2) is 9.90. The Hall–Kier alpha value is -3.61. The summed E-state index contributed by atoms with van der Waals surface area (Å²) in [5, 5.41) is 13.7. The van der Waals surface area contributed by atoms with Crippen LogP contribution in [-0.4, -0.2) is 36.1 Å². The van der Waals surface area contributed by atoms with Crippen molar-refractivity contribution >= 4 is 23.0 Å². The van der Waals surface area contributed by atoms with Crippen LogP contribution in [0.2, 0.25) is 0 Å². The molecule has 0 saturated carbocycles. The van der Waals surface area contributed by atoms with Crippen molar-refractivity contribution in [3.63, 3.8) is 0 Å². The van der Waals surface area contributed by atoms with Gasteiger partial charge in [-0.05, 0) is 38.0 Å². The number of phenols is 1. The summed E-state index contributed by atoms with van der Waals surface area (Å²) in [5.41, 5.74) is 0.561. The summed E-state index contributed by atoms with van der Waals surface area (Å²) in [4.78, 5) is 41.1. The molecule has 0 aromatic heterocycles. The summed E-state index contributed by atoms with van der Waals surface area (Å²) in [6, 6.07) is 14.4. The lowest BCUT2D eigenvalue weighted by molar-refractivity contribution is 0.0752. The Kier molecular flexibility index (Phi) is 7.21. The van der Waals surface area contributed by atoms with E-state index >= 15 is 0 Å². The molecule has 0 bridgehead atoms. The number of phenolic OH excluding ortho intramolecular Hbond substituents is 1. The standard InChI is InChI=1S/C26H31N3O4/c1-6-11-20(17-12-8-7-9-13-17)29(5)22-21(24(31)25(22)32)27-19-15-10-14-18(23(19)30)26(33)28(4)16(2)3/h7-10,12-16,20,27,30H,6,11H2,1-5H3/t20-/m1/s1. The van der Waals surface area contributed by atoms with Crippen LogP contribution in [0.25, 0.3) is 0 Å². The molecule has 3 aromatic carbocycles. The predicted octanol–water partition coefficient (Wildman–Crippen LogP) is 4.19. The van der Waals surface area contributed by atoms with Gasteiger partial charge in [-0.3, -0.25) is 14.4 Å². The number of rotatable bonds is 9. The van der Waals surface area contributed by atoms with Gasteiger partial charge in [0.1, 0.15) is 11.4 Å². The number of carbonyl (C=O) groups is 1. The highest BCUT2D eigenvalue weighted by molar-refractivity contribution is 5.99. The Labute approximate surface area is 194 Å². The third-order valence-corrected chi connectivity index (χ3v) is 6.07. The molecule has 0 aliphatic carbocycles. The number of nitrogens with zero attached hydrogens (tertiary/aromatic N) is 2. The molecule has 0 unspecified atom stereocenters. The Morgan fingerprint density at radius 2 is 1.67 bits per heavy atom. The SMILES string of the molecule is CCC[C@H](c1ccccc1)N(C)c1c(Nc2cccc(C(=O)N(C)C(C)C)c2O)c(=O)c1=O. The fraction of sp³-hybridized carbons (Fsp3) is 0.346. The van der Waals surface area contributed by atoms with Crippen LogP contribution in [0, 0.1) is 0 Å². The Balaban J connectivity index is 1.96.